The number of likely N-dealkylation sites (tertiary alicyclic amines) is 1. The maximum absolute atomic E-state index is 12.0. The van der Waals surface area contributed by atoms with Crippen LogP contribution in [0.25, 0.3) is 0 Å². The first-order valence-corrected chi connectivity index (χ1v) is 5.71. The zero-order valence-corrected chi connectivity index (χ0v) is 8.87. The average Bonchev–Trinajstić information content (AvgIpc) is 2.70. The van der Waals surface area contributed by atoms with Crippen molar-refractivity contribution in [1.82, 2.24) is 4.90 Å². The molecule has 80 valence electrons. The highest BCUT2D eigenvalue weighted by atomic mass is 16.5. The molecule has 2 aliphatic rings. The van der Waals surface area contributed by atoms with E-state index in [1.54, 1.807) is 0 Å². The fraction of sp³-hybridized carbons (Fsp3) is 0.909. The van der Waals surface area contributed by atoms with E-state index in [1.165, 1.54) is 6.42 Å². The molecule has 14 heavy (non-hydrogen) atoms. The molecule has 3 heteroatoms. The van der Waals surface area contributed by atoms with E-state index in [1.807, 2.05) is 4.90 Å². The number of hydrogen-bond acceptors (Lipinski definition) is 2. The summed E-state index contributed by atoms with van der Waals surface area (Å²) in [6.07, 6.45) is 5.40. The first-order chi connectivity index (χ1) is 6.79. The number of carbonyl (C=O) groups excluding carboxylic acids is 1. The van der Waals surface area contributed by atoms with Gasteiger partial charge in [0.15, 0.2) is 0 Å². The number of amides is 1. The van der Waals surface area contributed by atoms with Crippen LogP contribution >= 0.6 is 0 Å². The van der Waals surface area contributed by atoms with Crippen LogP contribution < -0.4 is 0 Å². The van der Waals surface area contributed by atoms with Gasteiger partial charge >= 0.3 is 0 Å². The van der Waals surface area contributed by atoms with Gasteiger partial charge in [0.05, 0.1) is 0 Å². The largest absolute Gasteiger partial charge is 0.368 e. The van der Waals surface area contributed by atoms with Gasteiger partial charge in [0.25, 0.3) is 5.91 Å². The summed E-state index contributed by atoms with van der Waals surface area (Å²) in [6.45, 7) is 3.84. The van der Waals surface area contributed by atoms with E-state index in [4.69, 9.17) is 4.74 Å². The molecule has 0 N–H and O–H groups in total. The second-order valence-electron chi connectivity index (χ2n) is 4.38. The Labute approximate surface area is 85.4 Å². The van der Waals surface area contributed by atoms with Crippen LogP contribution in [0, 0.1) is 0 Å². The van der Waals surface area contributed by atoms with E-state index in [2.05, 4.69) is 6.92 Å². The minimum atomic E-state index is -0.129. The molecule has 3 nitrogen and oxygen atoms in total. The van der Waals surface area contributed by atoms with Crippen molar-refractivity contribution in [3.63, 3.8) is 0 Å². The van der Waals surface area contributed by atoms with Gasteiger partial charge in [-0.25, -0.2) is 0 Å². The lowest BCUT2D eigenvalue weighted by atomic mass is 10.0. The van der Waals surface area contributed by atoms with Crippen LogP contribution in [0.3, 0.4) is 0 Å². The quantitative estimate of drug-likeness (QED) is 0.638. The Balaban J connectivity index is 1.94. The standard InChI is InChI=1S/C11H19NO2/c1-9-5-2-3-7-12(9)11(13)10-6-4-8-14-10/h9-10H,2-8H2,1H3. The van der Waals surface area contributed by atoms with Crippen molar-refractivity contribution in [3.05, 3.63) is 0 Å². The second-order valence-corrected chi connectivity index (χ2v) is 4.38. The van der Waals surface area contributed by atoms with Crippen molar-refractivity contribution in [3.8, 4) is 0 Å². The molecule has 0 bridgehead atoms. The molecule has 1 amide bonds. The van der Waals surface area contributed by atoms with Gasteiger partial charge in [0, 0.05) is 19.2 Å². The van der Waals surface area contributed by atoms with Gasteiger partial charge in [-0.2, -0.15) is 0 Å². The van der Waals surface area contributed by atoms with Crippen molar-refractivity contribution in [1.29, 1.82) is 0 Å². The maximum Gasteiger partial charge on any atom is 0.251 e. The summed E-state index contributed by atoms with van der Waals surface area (Å²) >= 11 is 0. The highest BCUT2D eigenvalue weighted by molar-refractivity contribution is 5.81. The molecule has 2 aliphatic heterocycles. The molecule has 0 spiro atoms. The Morgan fingerprint density at radius 2 is 2.14 bits per heavy atom. The minimum absolute atomic E-state index is 0.129. The summed E-state index contributed by atoms with van der Waals surface area (Å²) in [5.41, 5.74) is 0. The number of nitrogens with zero attached hydrogens (tertiary/aromatic N) is 1. The van der Waals surface area contributed by atoms with Crippen LogP contribution in [0.5, 0.6) is 0 Å². The van der Waals surface area contributed by atoms with E-state index in [9.17, 15) is 4.79 Å². The molecular formula is C11H19NO2. The average molecular weight is 197 g/mol. The zero-order valence-electron chi connectivity index (χ0n) is 8.87. The summed E-state index contributed by atoms with van der Waals surface area (Å²) in [4.78, 5) is 14.0. The summed E-state index contributed by atoms with van der Waals surface area (Å²) in [7, 11) is 0. The van der Waals surface area contributed by atoms with Gasteiger partial charge in [-0.15, -0.1) is 0 Å². The van der Waals surface area contributed by atoms with E-state index in [-0.39, 0.29) is 12.0 Å². The van der Waals surface area contributed by atoms with Gasteiger partial charge in [0.2, 0.25) is 0 Å². The van der Waals surface area contributed by atoms with Crippen molar-refractivity contribution in [2.75, 3.05) is 13.2 Å². The van der Waals surface area contributed by atoms with Crippen LogP contribution in [0.2, 0.25) is 0 Å². The number of hydrogen-bond donors (Lipinski definition) is 0. The van der Waals surface area contributed by atoms with Crippen LogP contribution in [0.15, 0.2) is 0 Å². The Morgan fingerprint density at radius 1 is 1.29 bits per heavy atom. The number of piperidine rings is 1. The van der Waals surface area contributed by atoms with Gasteiger partial charge in [-0.1, -0.05) is 0 Å². The molecule has 0 aliphatic carbocycles. The number of rotatable bonds is 1. The van der Waals surface area contributed by atoms with Gasteiger partial charge < -0.3 is 9.64 Å². The monoisotopic (exact) mass is 197 g/mol. The summed E-state index contributed by atoms with van der Waals surface area (Å²) in [5.74, 6) is 0.231. The number of ether oxygens (including phenoxy) is 1. The topological polar surface area (TPSA) is 29.5 Å². The van der Waals surface area contributed by atoms with Crippen LogP contribution in [-0.4, -0.2) is 36.1 Å². The summed E-state index contributed by atoms with van der Waals surface area (Å²) in [6, 6.07) is 0.417. The molecule has 0 aromatic carbocycles. The minimum Gasteiger partial charge on any atom is -0.368 e. The molecule has 2 heterocycles. The number of carbonyl (C=O) groups is 1. The molecule has 2 rings (SSSR count). The predicted molar refractivity (Wildman–Crippen MR) is 54.0 cm³/mol. The van der Waals surface area contributed by atoms with Crippen molar-refractivity contribution in [2.24, 2.45) is 0 Å². The lowest BCUT2D eigenvalue weighted by molar-refractivity contribution is -0.144. The van der Waals surface area contributed by atoms with Crippen molar-refractivity contribution in [2.45, 2.75) is 51.2 Å². The summed E-state index contributed by atoms with van der Waals surface area (Å²) in [5, 5.41) is 0. The first kappa shape index (κ1) is 9.97. The van der Waals surface area contributed by atoms with Crippen LogP contribution in [0.1, 0.15) is 39.0 Å². The van der Waals surface area contributed by atoms with E-state index < -0.39 is 0 Å². The molecule has 2 unspecified atom stereocenters. The Hall–Kier alpha value is -0.570. The molecule has 0 radical (unpaired) electrons. The van der Waals surface area contributed by atoms with Gasteiger partial charge in [-0.05, 0) is 39.0 Å². The zero-order chi connectivity index (χ0) is 9.97. The highest BCUT2D eigenvalue weighted by Gasteiger charge is 2.31. The van der Waals surface area contributed by atoms with Gasteiger partial charge in [-0.3, -0.25) is 4.79 Å². The molecule has 0 aromatic rings. The Morgan fingerprint density at radius 3 is 2.79 bits per heavy atom. The smallest absolute Gasteiger partial charge is 0.251 e. The lowest BCUT2D eigenvalue weighted by Gasteiger charge is -2.34. The molecule has 0 saturated carbocycles. The fourth-order valence-electron chi connectivity index (χ4n) is 2.38. The normalized spacial score (nSPS) is 33.4. The first-order valence-electron chi connectivity index (χ1n) is 5.71. The molecule has 0 aromatic heterocycles. The van der Waals surface area contributed by atoms with Gasteiger partial charge in [0.1, 0.15) is 6.10 Å². The van der Waals surface area contributed by atoms with Crippen molar-refractivity contribution >= 4 is 5.91 Å². The van der Waals surface area contributed by atoms with E-state index >= 15 is 0 Å². The molecule has 2 atom stereocenters. The third kappa shape index (κ3) is 1.92. The second kappa shape index (κ2) is 4.30. The highest BCUT2D eigenvalue weighted by Crippen LogP contribution is 2.21. The van der Waals surface area contributed by atoms with Crippen LogP contribution in [-0.2, 0) is 9.53 Å². The molecule has 2 fully saturated rings. The third-order valence-corrected chi connectivity index (χ3v) is 3.29. The summed E-state index contributed by atoms with van der Waals surface area (Å²) < 4.78 is 5.43. The Kier molecular flexibility index (Phi) is 3.06. The molecule has 2 saturated heterocycles. The maximum atomic E-state index is 12.0. The van der Waals surface area contributed by atoms with E-state index in [0.29, 0.717) is 6.04 Å². The fourth-order valence-corrected chi connectivity index (χ4v) is 2.38. The lowest BCUT2D eigenvalue weighted by Crippen LogP contribution is -2.46. The SMILES string of the molecule is CC1CCCCN1C(=O)C1CCCO1. The van der Waals surface area contributed by atoms with Crippen molar-refractivity contribution < 1.29 is 9.53 Å². The molecular weight excluding hydrogens is 178 g/mol. The predicted octanol–water partition coefficient (Wildman–Crippen LogP) is 1.57. The van der Waals surface area contributed by atoms with E-state index in [0.717, 1.165) is 38.8 Å². The van der Waals surface area contributed by atoms with Crippen LogP contribution in [0.4, 0.5) is 0 Å². The third-order valence-electron chi connectivity index (χ3n) is 3.29. The Bertz CT molecular complexity index is 211.